The van der Waals surface area contributed by atoms with Crippen molar-refractivity contribution in [2.45, 2.75) is 58.8 Å². The molecule has 0 aliphatic carbocycles. The molecule has 0 fully saturated rings. The molecule has 1 aromatic carbocycles. The molecule has 0 unspecified atom stereocenters. The Labute approximate surface area is 115 Å². The maximum absolute atomic E-state index is 3.50. The highest BCUT2D eigenvalue weighted by atomic mass is 79.9. The van der Waals surface area contributed by atoms with Gasteiger partial charge in [0.15, 0.2) is 0 Å². The number of alkyl halides is 1. The van der Waals surface area contributed by atoms with Gasteiger partial charge in [-0.05, 0) is 43.7 Å². The van der Waals surface area contributed by atoms with Crippen LogP contribution in [0.5, 0.6) is 0 Å². The Morgan fingerprint density at radius 1 is 0.882 bits per heavy atom. The highest BCUT2D eigenvalue weighted by Crippen LogP contribution is 2.15. The van der Waals surface area contributed by atoms with Crippen molar-refractivity contribution in [1.29, 1.82) is 0 Å². The van der Waals surface area contributed by atoms with Gasteiger partial charge in [-0.2, -0.15) is 0 Å². The molecule has 0 atom stereocenters. The predicted molar refractivity (Wildman–Crippen MR) is 81.1 cm³/mol. The topological polar surface area (TPSA) is 0 Å². The normalized spacial score (nSPS) is 10.8. The summed E-state index contributed by atoms with van der Waals surface area (Å²) >= 11 is 3.50. The Balaban J connectivity index is 2.50. The van der Waals surface area contributed by atoms with Gasteiger partial charge in [-0.15, -0.1) is 0 Å². The van der Waals surface area contributed by atoms with Crippen molar-refractivity contribution in [2.75, 3.05) is 5.33 Å². The summed E-state index contributed by atoms with van der Waals surface area (Å²) in [7, 11) is 0. The van der Waals surface area contributed by atoms with Crippen molar-refractivity contribution >= 4 is 15.9 Å². The molecule has 0 aliphatic heterocycles. The summed E-state index contributed by atoms with van der Waals surface area (Å²) in [5.41, 5.74) is 4.46. The minimum atomic E-state index is 1.10. The molecular formula is C16H25Br. The fourth-order valence-corrected chi connectivity index (χ4v) is 2.54. The van der Waals surface area contributed by atoms with E-state index in [1.54, 1.807) is 0 Å². The third kappa shape index (κ3) is 6.26. The summed E-state index contributed by atoms with van der Waals surface area (Å²) in [6.45, 7) is 4.48. The van der Waals surface area contributed by atoms with Gasteiger partial charge in [0.2, 0.25) is 0 Å². The van der Waals surface area contributed by atoms with Crippen LogP contribution in [0.15, 0.2) is 18.2 Å². The molecule has 0 aromatic heterocycles. The van der Waals surface area contributed by atoms with Crippen LogP contribution in [0, 0.1) is 6.92 Å². The Bertz CT molecular complexity index is 317. The van der Waals surface area contributed by atoms with Crippen LogP contribution in [0.4, 0.5) is 0 Å². The molecule has 0 spiro atoms. The van der Waals surface area contributed by atoms with E-state index in [0.717, 1.165) is 5.33 Å². The van der Waals surface area contributed by atoms with Crippen LogP contribution in [0.2, 0.25) is 0 Å². The molecule has 0 nitrogen and oxygen atoms in total. The number of aryl methyl sites for hydroxylation is 3. The first kappa shape index (κ1) is 14.8. The van der Waals surface area contributed by atoms with E-state index in [1.807, 2.05) is 0 Å². The van der Waals surface area contributed by atoms with Crippen LogP contribution >= 0.6 is 15.9 Å². The number of hydrogen-bond acceptors (Lipinski definition) is 0. The van der Waals surface area contributed by atoms with Gasteiger partial charge in [0.05, 0.1) is 0 Å². The smallest absolute Gasteiger partial charge is 0.00344 e. The van der Waals surface area contributed by atoms with E-state index in [1.165, 1.54) is 61.6 Å². The molecule has 1 aromatic rings. The number of unbranched alkanes of at least 4 members (excludes halogenated alkanes) is 3. The molecule has 1 heteroatoms. The Kier molecular flexibility index (Phi) is 7.59. The first-order valence-electron chi connectivity index (χ1n) is 6.91. The van der Waals surface area contributed by atoms with E-state index in [4.69, 9.17) is 0 Å². The monoisotopic (exact) mass is 296 g/mol. The largest absolute Gasteiger partial charge is 0.0928 e. The van der Waals surface area contributed by atoms with E-state index in [0.29, 0.717) is 0 Å². The average Bonchev–Trinajstić information content (AvgIpc) is 2.31. The van der Waals surface area contributed by atoms with Crippen molar-refractivity contribution in [3.63, 3.8) is 0 Å². The quantitative estimate of drug-likeness (QED) is 0.442. The molecule has 0 bridgehead atoms. The van der Waals surface area contributed by atoms with E-state index >= 15 is 0 Å². The maximum Gasteiger partial charge on any atom is 0.00344 e. The zero-order chi connectivity index (χ0) is 12.5. The van der Waals surface area contributed by atoms with E-state index in [9.17, 15) is 0 Å². The second-order valence-electron chi connectivity index (χ2n) is 4.93. The molecule has 0 aliphatic rings. The van der Waals surface area contributed by atoms with Gasteiger partial charge in [-0.1, -0.05) is 65.9 Å². The first-order valence-corrected chi connectivity index (χ1v) is 8.03. The zero-order valence-corrected chi connectivity index (χ0v) is 12.9. The summed E-state index contributed by atoms with van der Waals surface area (Å²) in [6, 6.07) is 7.09. The van der Waals surface area contributed by atoms with E-state index < -0.39 is 0 Å². The second-order valence-corrected chi connectivity index (χ2v) is 5.72. The van der Waals surface area contributed by atoms with Gasteiger partial charge in [0.25, 0.3) is 0 Å². The van der Waals surface area contributed by atoms with Crippen molar-refractivity contribution in [3.05, 3.63) is 34.9 Å². The van der Waals surface area contributed by atoms with E-state index in [2.05, 4.69) is 48.0 Å². The summed E-state index contributed by atoms with van der Waals surface area (Å²) in [6.07, 6.45) is 9.11. The minimum Gasteiger partial charge on any atom is -0.0928 e. The summed E-state index contributed by atoms with van der Waals surface area (Å²) < 4.78 is 0. The maximum atomic E-state index is 3.50. The fourth-order valence-electron chi connectivity index (χ4n) is 2.26. The lowest BCUT2D eigenvalue weighted by atomic mass is 9.99. The Hall–Kier alpha value is -0.300. The lowest BCUT2D eigenvalue weighted by molar-refractivity contribution is 0.666. The second kappa shape index (κ2) is 8.74. The van der Waals surface area contributed by atoms with Crippen LogP contribution < -0.4 is 0 Å². The van der Waals surface area contributed by atoms with Gasteiger partial charge in [0.1, 0.15) is 0 Å². The van der Waals surface area contributed by atoms with Crippen molar-refractivity contribution in [2.24, 2.45) is 0 Å². The van der Waals surface area contributed by atoms with Gasteiger partial charge in [-0.25, -0.2) is 0 Å². The summed E-state index contributed by atoms with van der Waals surface area (Å²) in [5.74, 6) is 0. The van der Waals surface area contributed by atoms with Crippen LogP contribution in [0.3, 0.4) is 0 Å². The lowest BCUT2D eigenvalue weighted by Gasteiger charge is -2.07. The lowest BCUT2D eigenvalue weighted by Crippen LogP contribution is -1.93. The van der Waals surface area contributed by atoms with Crippen molar-refractivity contribution in [3.8, 4) is 0 Å². The number of halogens is 1. The molecule has 0 saturated heterocycles. The highest BCUT2D eigenvalue weighted by molar-refractivity contribution is 9.09. The van der Waals surface area contributed by atoms with Gasteiger partial charge < -0.3 is 0 Å². The molecule has 0 heterocycles. The van der Waals surface area contributed by atoms with Gasteiger partial charge in [0, 0.05) is 5.33 Å². The van der Waals surface area contributed by atoms with Gasteiger partial charge in [-0.3, -0.25) is 0 Å². The Morgan fingerprint density at radius 3 is 2.12 bits per heavy atom. The Morgan fingerprint density at radius 2 is 1.53 bits per heavy atom. The molecule has 0 amide bonds. The zero-order valence-electron chi connectivity index (χ0n) is 11.3. The van der Waals surface area contributed by atoms with Crippen LogP contribution in [-0.4, -0.2) is 5.33 Å². The third-order valence-electron chi connectivity index (χ3n) is 3.12. The molecule has 0 saturated carbocycles. The predicted octanol–water partition coefficient (Wildman–Crippen LogP) is 5.45. The SMILES string of the molecule is CCCCCCc1cc(C)cc(CCCBr)c1. The van der Waals surface area contributed by atoms with Gasteiger partial charge >= 0.3 is 0 Å². The van der Waals surface area contributed by atoms with Crippen molar-refractivity contribution in [1.82, 2.24) is 0 Å². The van der Waals surface area contributed by atoms with E-state index in [-0.39, 0.29) is 0 Å². The first-order chi connectivity index (χ1) is 8.26. The highest BCUT2D eigenvalue weighted by Gasteiger charge is 1.99. The molecule has 1 rings (SSSR count). The van der Waals surface area contributed by atoms with Crippen LogP contribution in [0.1, 0.15) is 55.7 Å². The summed E-state index contributed by atoms with van der Waals surface area (Å²) in [4.78, 5) is 0. The van der Waals surface area contributed by atoms with Crippen molar-refractivity contribution < 1.29 is 0 Å². The standard InChI is InChI=1S/C16H25Br/c1-3-4-5-6-8-15-11-14(2)12-16(13-15)9-7-10-17/h11-13H,3-10H2,1-2H3. The molecule has 17 heavy (non-hydrogen) atoms. The number of benzene rings is 1. The number of rotatable bonds is 8. The molecule has 0 N–H and O–H groups in total. The fraction of sp³-hybridized carbons (Fsp3) is 0.625. The van der Waals surface area contributed by atoms with Crippen LogP contribution in [-0.2, 0) is 12.8 Å². The third-order valence-corrected chi connectivity index (χ3v) is 3.68. The number of hydrogen-bond donors (Lipinski definition) is 0. The molecule has 96 valence electrons. The summed E-state index contributed by atoms with van der Waals surface area (Å²) in [5, 5.41) is 1.10. The molecule has 0 radical (unpaired) electrons. The molecular weight excluding hydrogens is 272 g/mol. The minimum absolute atomic E-state index is 1.10. The van der Waals surface area contributed by atoms with Crippen LogP contribution in [0.25, 0.3) is 0 Å². The average molecular weight is 297 g/mol.